The Labute approximate surface area is 110 Å². The fourth-order valence-corrected chi connectivity index (χ4v) is 2.96. The second kappa shape index (κ2) is 6.98. The molecule has 0 aromatic heterocycles. The molecule has 7 heteroatoms. The third-order valence-corrected chi connectivity index (χ3v) is 4.60. The number of rotatable bonds is 7. The van der Waals surface area contributed by atoms with E-state index in [-0.39, 0.29) is 11.4 Å². The van der Waals surface area contributed by atoms with Crippen LogP contribution in [0.2, 0.25) is 0 Å². The minimum atomic E-state index is -3.50. The predicted molar refractivity (Wildman–Crippen MR) is 73.3 cm³/mol. The highest BCUT2D eigenvalue weighted by atomic mass is 32.2. The Morgan fingerprint density at radius 1 is 1.28 bits per heavy atom. The summed E-state index contributed by atoms with van der Waals surface area (Å²) >= 11 is 0. The van der Waals surface area contributed by atoms with E-state index in [1.165, 1.54) is 6.26 Å². The van der Waals surface area contributed by atoms with Crippen molar-refractivity contribution >= 4 is 20.8 Å². The fourth-order valence-electron chi connectivity index (χ4n) is 1.41. The van der Waals surface area contributed by atoms with E-state index in [4.69, 9.17) is 5.73 Å². The lowest BCUT2D eigenvalue weighted by molar-refractivity contribution is 0.584. The molecule has 0 spiro atoms. The largest absolute Gasteiger partial charge is 0.330 e. The molecule has 0 bridgehead atoms. The Hall–Kier alpha value is -0.760. The second-order valence-corrected chi connectivity index (χ2v) is 7.18. The van der Waals surface area contributed by atoms with Crippen LogP contribution in [0.3, 0.4) is 0 Å². The van der Waals surface area contributed by atoms with Crippen LogP contribution in [0, 0.1) is 0 Å². The maximum atomic E-state index is 11.8. The quantitative estimate of drug-likeness (QED) is 0.730. The molecule has 0 amide bonds. The molecule has 0 saturated heterocycles. The Balaban J connectivity index is 2.69. The summed E-state index contributed by atoms with van der Waals surface area (Å²) in [6.07, 6.45) is 2.26. The minimum absolute atomic E-state index is 0.177. The van der Waals surface area contributed by atoms with Gasteiger partial charge in [0.2, 0.25) is 10.0 Å². The number of hydrogen-bond acceptors (Lipinski definition) is 4. The van der Waals surface area contributed by atoms with Crippen LogP contribution in [0.1, 0.15) is 5.56 Å². The van der Waals surface area contributed by atoms with Crippen LogP contribution in [0.15, 0.2) is 29.2 Å². The third-order valence-electron chi connectivity index (χ3n) is 2.35. The van der Waals surface area contributed by atoms with E-state index in [0.717, 1.165) is 12.0 Å². The first-order valence-electron chi connectivity index (χ1n) is 5.54. The van der Waals surface area contributed by atoms with Crippen molar-refractivity contribution in [2.24, 2.45) is 5.73 Å². The van der Waals surface area contributed by atoms with Crippen molar-refractivity contribution in [2.75, 3.05) is 25.1 Å². The molecule has 1 aromatic rings. The molecule has 3 N–H and O–H groups in total. The van der Waals surface area contributed by atoms with Crippen molar-refractivity contribution in [3.8, 4) is 0 Å². The highest BCUT2D eigenvalue weighted by Crippen LogP contribution is 2.10. The van der Waals surface area contributed by atoms with Gasteiger partial charge in [-0.25, -0.2) is 13.1 Å². The average molecular weight is 290 g/mol. The summed E-state index contributed by atoms with van der Waals surface area (Å²) in [5.74, 6) is 0.310. The van der Waals surface area contributed by atoms with E-state index >= 15 is 0 Å². The van der Waals surface area contributed by atoms with Crippen LogP contribution in [0.25, 0.3) is 0 Å². The van der Waals surface area contributed by atoms with Crippen LogP contribution < -0.4 is 10.5 Å². The molecule has 0 radical (unpaired) electrons. The molecule has 1 atom stereocenters. The van der Waals surface area contributed by atoms with Crippen LogP contribution >= 0.6 is 0 Å². The zero-order chi connectivity index (χ0) is 13.6. The summed E-state index contributed by atoms with van der Waals surface area (Å²) in [6.45, 7) is 0.711. The smallest absolute Gasteiger partial charge is 0.240 e. The number of benzene rings is 1. The molecule has 0 heterocycles. The van der Waals surface area contributed by atoms with Gasteiger partial charge < -0.3 is 5.73 Å². The van der Waals surface area contributed by atoms with Crippen LogP contribution in [0.5, 0.6) is 0 Å². The molecular formula is C11H18N2O3S2. The van der Waals surface area contributed by atoms with E-state index in [9.17, 15) is 12.6 Å². The van der Waals surface area contributed by atoms with Crippen molar-refractivity contribution in [3.63, 3.8) is 0 Å². The Kier molecular flexibility index (Phi) is 5.94. The fraction of sp³-hybridized carbons (Fsp3) is 0.455. The predicted octanol–water partition coefficient (Wildman–Crippen LogP) is -0.155. The molecule has 1 unspecified atom stereocenters. The van der Waals surface area contributed by atoms with E-state index in [0.29, 0.717) is 12.3 Å². The van der Waals surface area contributed by atoms with E-state index in [1.807, 2.05) is 0 Å². The maximum Gasteiger partial charge on any atom is 0.240 e. The molecule has 1 aromatic carbocycles. The van der Waals surface area contributed by atoms with Gasteiger partial charge in [-0.1, -0.05) is 12.1 Å². The summed E-state index contributed by atoms with van der Waals surface area (Å²) in [5, 5.41) is 0. The summed E-state index contributed by atoms with van der Waals surface area (Å²) in [5.41, 5.74) is 6.42. The van der Waals surface area contributed by atoms with Crippen molar-refractivity contribution in [3.05, 3.63) is 29.8 Å². The van der Waals surface area contributed by atoms with Crippen molar-refractivity contribution in [2.45, 2.75) is 11.3 Å². The van der Waals surface area contributed by atoms with E-state index < -0.39 is 20.8 Å². The van der Waals surface area contributed by atoms with Crippen molar-refractivity contribution in [1.29, 1.82) is 0 Å². The maximum absolute atomic E-state index is 11.8. The van der Waals surface area contributed by atoms with Gasteiger partial charge in [-0.05, 0) is 30.7 Å². The third kappa shape index (κ3) is 4.85. The highest BCUT2D eigenvalue weighted by Gasteiger charge is 2.12. The summed E-state index contributed by atoms with van der Waals surface area (Å²) in [4.78, 5) is 0.213. The SMILES string of the molecule is CS(=O)CCNS(=O)(=O)c1ccc(CCN)cc1. The zero-order valence-electron chi connectivity index (χ0n) is 10.3. The van der Waals surface area contributed by atoms with Gasteiger partial charge in [0.1, 0.15) is 0 Å². The molecule has 0 fully saturated rings. The van der Waals surface area contributed by atoms with Gasteiger partial charge in [0.15, 0.2) is 0 Å². The molecule has 0 aliphatic heterocycles. The molecular weight excluding hydrogens is 272 g/mol. The second-order valence-electron chi connectivity index (χ2n) is 3.86. The summed E-state index contributed by atoms with van der Waals surface area (Å²) in [7, 11) is -4.51. The van der Waals surface area contributed by atoms with Gasteiger partial charge in [0.05, 0.1) is 4.90 Å². The van der Waals surface area contributed by atoms with Gasteiger partial charge in [-0.15, -0.1) is 0 Å². The van der Waals surface area contributed by atoms with E-state index in [1.54, 1.807) is 24.3 Å². The van der Waals surface area contributed by atoms with Crippen molar-refractivity contribution in [1.82, 2.24) is 4.72 Å². The van der Waals surface area contributed by atoms with Crippen LogP contribution in [0.4, 0.5) is 0 Å². The molecule has 1 rings (SSSR count). The minimum Gasteiger partial charge on any atom is -0.330 e. The Morgan fingerprint density at radius 2 is 1.89 bits per heavy atom. The highest BCUT2D eigenvalue weighted by molar-refractivity contribution is 7.89. The summed E-state index contributed by atoms with van der Waals surface area (Å²) < 4.78 is 37.0. The van der Waals surface area contributed by atoms with Crippen LogP contribution in [-0.4, -0.2) is 37.7 Å². The number of sulfonamides is 1. The summed E-state index contributed by atoms with van der Waals surface area (Å²) in [6, 6.07) is 6.60. The molecule has 5 nitrogen and oxygen atoms in total. The van der Waals surface area contributed by atoms with Gasteiger partial charge >= 0.3 is 0 Å². The van der Waals surface area contributed by atoms with Gasteiger partial charge in [-0.2, -0.15) is 0 Å². The lowest BCUT2D eigenvalue weighted by Crippen LogP contribution is -2.27. The molecule has 102 valence electrons. The standard InChI is InChI=1S/C11H18N2O3S2/c1-17(14)9-8-13-18(15,16)11-4-2-10(3-5-11)6-7-12/h2-5,13H,6-9,12H2,1H3. The average Bonchev–Trinajstić information content (AvgIpc) is 2.29. The van der Waals surface area contributed by atoms with Crippen molar-refractivity contribution < 1.29 is 12.6 Å². The first-order valence-corrected chi connectivity index (χ1v) is 8.75. The van der Waals surface area contributed by atoms with Gasteiger partial charge in [0.25, 0.3) is 0 Å². The number of hydrogen-bond donors (Lipinski definition) is 2. The van der Waals surface area contributed by atoms with Gasteiger partial charge in [0, 0.05) is 29.4 Å². The monoisotopic (exact) mass is 290 g/mol. The first kappa shape index (κ1) is 15.3. The molecule has 0 aliphatic rings. The first-order chi connectivity index (χ1) is 8.45. The topological polar surface area (TPSA) is 89.3 Å². The molecule has 18 heavy (non-hydrogen) atoms. The lowest BCUT2D eigenvalue weighted by Gasteiger charge is -2.06. The zero-order valence-corrected chi connectivity index (χ0v) is 11.9. The Bertz CT molecular complexity index is 498. The Morgan fingerprint density at radius 3 is 2.39 bits per heavy atom. The lowest BCUT2D eigenvalue weighted by atomic mass is 10.2. The molecule has 0 saturated carbocycles. The van der Waals surface area contributed by atoms with E-state index in [2.05, 4.69) is 4.72 Å². The van der Waals surface area contributed by atoms with Crippen LogP contribution in [-0.2, 0) is 27.2 Å². The normalized spacial score (nSPS) is 13.4. The number of nitrogens with one attached hydrogen (secondary N) is 1. The van der Waals surface area contributed by atoms with Gasteiger partial charge in [-0.3, -0.25) is 4.21 Å². The molecule has 0 aliphatic carbocycles. The number of nitrogens with two attached hydrogens (primary N) is 1.